The standard InChI is InChI=1S/C16H25N3O/c1-14(20)19-9-5-8-18(10-11-19)13-16(12-17)15-6-3-2-4-7-15/h2-4,6-7,16H,5,8-13,17H2,1H3. The van der Waals surface area contributed by atoms with Crippen LogP contribution < -0.4 is 5.73 Å². The van der Waals surface area contributed by atoms with E-state index in [1.165, 1.54) is 5.56 Å². The second-order valence-electron chi connectivity index (χ2n) is 5.50. The lowest BCUT2D eigenvalue weighted by Gasteiger charge is -2.26. The summed E-state index contributed by atoms with van der Waals surface area (Å²) < 4.78 is 0. The summed E-state index contributed by atoms with van der Waals surface area (Å²) in [7, 11) is 0. The van der Waals surface area contributed by atoms with Crippen molar-refractivity contribution in [3.8, 4) is 0 Å². The maximum Gasteiger partial charge on any atom is 0.219 e. The number of amides is 1. The Bertz CT molecular complexity index is 421. The zero-order valence-electron chi connectivity index (χ0n) is 12.3. The van der Waals surface area contributed by atoms with Gasteiger partial charge in [0.2, 0.25) is 5.91 Å². The Morgan fingerprint density at radius 1 is 1.20 bits per heavy atom. The van der Waals surface area contributed by atoms with Crippen LogP contribution in [0, 0.1) is 0 Å². The second kappa shape index (κ2) is 7.41. The van der Waals surface area contributed by atoms with Crippen molar-refractivity contribution in [2.45, 2.75) is 19.3 Å². The number of carbonyl (C=O) groups excluding carboxylic acids is 1. The highest BCUT2D eigenvalue weighted by atomic mass is 16.2. The van der Waals surface area contributed by atoms with Crippen molar-refractivity contribution >= 4 is 5.91 Å². The normalized spacial score (nSPS) is 18.6. The first kappa shape index (κ1) is 15.0. The lowest BCUT2D eigenvalue weighted by Crippen LogP contribution is -2.36. The third-order valence-electron chi connectivity index (χ3n) is 4.07. The number of benzene rings is 1. The number of rotatable bonds is 4. The van der Waals surface area contributed by atoms with E-state index in [-0.39, 0.29) is 5.91 Å². The highest BCUT2D eigenvalue weighted by molar-refractivity contribution is 5.73. The molecule has 1 amide bonds. The minimum Gasteiger partial charge on any atom is -0.342 e. The smallest absolute Gasteiger partial charge is 0.219 e. The Morgan fingerprint density at radius 3 is 2.60 bits per heavy atom. The van der Waals surface area contributed by atoms with Gasteiger partial charge in [0.05, 0.1) is 0 Å². The molecule has 2 N–H and O–H groups in total. The molecule has 110 valence electrons. The molecular formula is C16H25N3O. The van der Waals surface area contributed by atoms with E-state index >= 15 is 0 Å². The topological polar surface area (TPSA) is 49.6 Å². The maximum absolute atomic E-state index is 11.4. The Hall–Kier alpha value is -1.39. The van der Waals surface area contributed by atoms with Crippen molar-refractivity contribution in [2.75, 3.05) is 39.3 Å². The molecule has 0 radical (unpaired) electrons. The van der Waals surface area contributed by atoms with E-state index in [0.29, 0.717) is 12.5 Å². The van der Waals surface area contributed by atoms with Gasteiger partial charge in [-0.15, -0.1) is 0 Å². The summed E-state index contributed by atoms with van der Waals surface area (Å²) >= 11 is 0. The molecule has 0 bridgehead atoms. The first-order valence-electron chi connectivity index (χ1n) is 7.43. The van der Waals surface area contributed by atoms with Crippen LogP contribution >= 0.6 is 0 Å². The van der Waals surface area contributed by atoms with Gasteiger partial charge < -0.3 is 15.5 Å². The summed E-state index contributed by atoms with van der Waals surface area (Å²) in [4.78, 5) is 15.8. The monoisotopic (exact) mass is 275 g/mol. The first-order chi connectivity index (χ1) is 9.70. The van der Waals surface area contributed by atoms with Gasteiger partial charge in [0.15, 0.2) is 0 Å². The molecule has 4 heteroatoms. The van der Waals surface area contributed by atoms with E-state index in [2.05, 4.69) is 29.2 Å². The fraction of sp³-hybridized carbons (Fsp3) is 0.562. The molecular weight excluding hydrogens is 250 g/mol. The molecule has 0 saturated carbocycles. The minimum absolute atomic E-state index is 0.185. The van der Waals surface area contributed by atoms with Gasteiger partial charge in [-0.05, 0) is 18.5 Å². The molecule has 1 aromatic rings. The van der Waals surface area contributed by atoms with Crippen LogP contribution in [0.25, 0.3) is 0 Å². The van der Waals surface area contributed by atoms with E-state index in [9.17, 15) is 4.79 Å². The van der Waals surface area contributed by atoms with E-state index in [4.69, 9.17) is 5.73 Å². The quantitative estimate of drug-likeness (QED) is 0.900. The van der Waals surface area contributed by atoms with E-state index < -0.39 is 0 Å². The maximum atomic E-state index is 11.4. The molecule has 4 nitrogen and oxygen atoms in total. The van der Waals surface area contributed by atoms with Crippen molar-refractivity contribution < 1.29 is 4.79 Å². The van der Waals surface area contributed by atoms with Crippen molar-refractivity contribution in [3.05, 3.63) is 35.9 Å². The van der Waals surface area contributed by atoms with Gasteiger partial charge in [-0.25, -0.2) is 0 Å². The molecule has 0 aliphatic carbocycles. The fourth-order valence-corrected chi connectivity index (χ4v) is 2.82. The van der Waals surface area contributed by atoms with Gasteiger partial charge in [0.25, 0.3) is 0 Å². The molecule has 1 fully saturated rings. The zero-order valence-corrected chi connectivity index (χ0v) is 12.3. The average Bonchev–Trinajstić information content (AvgIpc) is 2.71. The molecule has 0 aromatic heterocycles. The molecule has 1 heterocycles. The predicted molar refractivity (Wildman–Crippen MR) is 81.5 cm³/mol. The third-order valence-corrected chi connectivity index (χ3v) is 4.07. The largest absolute Gasteiger partial charge is 0.342 e. The van der Waals surface area contributed by atoms with Crippen molar-refractivity contribution in [1.29, 1.82) is 0 Å². The van der Waals surface area contributed by atoms with Gasteiger partial charge in [-0.2, -0.15) is 0 Å². The van der Waals surface area contributed by atoms with Crippen LogP contribution in [0.4, 0.5) is 0 Å². The van der Waals surface area contributed by atoms with Gasteiger partial charge in [0, 0.05) is 45.6 Å². The summed E-state index contributed by atoms with van der Waals surface area (Å²) in [6.45, 7) is 7.01. The lowest BCUT2D eigenvalue weighted by atomic mass is 9.98. The number of carbonyl (C=O) groups is 1. The number of nitrogens with zero attached hydrogens (tertiary/aromatic N) is 2. The van der Waals surface area contributed by atoms with Crippen molar-refractivity contribution in [1.82, 2.24) is 9.80 Å². The molecule has 1 saturated heterocycles. The summed E-state index contributed by atoms with van der Waals surface area (Å²) in [6.07, 6.45) is 1.05. The number of hydrogen-bond acceptors (Lipinski definition) is 3. The van der Waals surface area contributed by atoms with Gasteiger partial charge in [-0.3, -0.25) is 4.79 Å². The Labute approximate surface area is 121 Å². The number of nitrogens with two attached hydrogens (primary N) is 1. The molecule has 1 atom stereocenters. The van der Waals surface area contributed by atoms with E-state index in [1.807, 2.05) is 11.0 Å². The van der Waals surface area contributed by atoms with Crippen LogP contribution in [-0.4, -0.2) is 55.0 Å². The van der Waals surface area contributed by atoms with Crippen LogP contribution in [0.15, 0.2) is 30.3 Å². The minimum atomic E-state index is 0.185. The highest BCUT2D eigenvalue weighted by Crippen LogP contribution is 2.16. The Morgan fingerprint density at radius 2 is 1.95 bits per heavy atom. The molecule has 1 aliphatic heterocycles. The van der Waals surface area contributed by atoms with Crippen LogP contribution in [-0.2, 0) is 4.79 Å². The van der Waals surface area contributed by atoms with Crippen LogP contribution in [0.1, 0.15) is 24.8 Å². The van der Waals surface area contributed by atoms with E-state index in [1.54, 1.807) is 6.92 Å². The first-order valence-corrected chi connectivity index (χ1v) is 7.43. The molecule has 1 unspecified atom stereocenters. The number of hydrogen-bond donors (Lipinski definition) is 1. The van der Waals surface area contributed by atoms with E-state index in [0.717, 1.165) is 39.1 Å². The molecule has 1 aromatic carbocycles. The van der Waals surface area contributed by atoms with Gasteiger partial charge in [-0.1, -0.05) is 30.3 Å². The molecule has 20 heavy (non-hydrogen) atoms. The molecule has 0 spiro atoms. The Balaban J connectivity index is 1.93. The summed E-state index contributed by atoms with van der Waals surface area (Å²) in [5.74, 6) is 0.561. The summed E-state index contributed by atoms with van der Waals surface area (Å²) in [5, 5.41) is 0. The molecule has 2 rings (SSSR count). The SMILES string of the molecule is CC(=O)N1CCCN(CC(CN)c2ccccc2)CC1. The molecule has 1 aliphatic rings. The highest BCUT2D eigenvalue weighted by Gasteiger charge is 2.19. The predicted octanol–water partition coefficient (Wildman–Crippen LogP) is 1.28. The van der Waals surface area contributed by atoms with Crippen LogP contribution in [0.5, 0.6) is 0 Å². The van der Waals surface area contributed by atoms with Crippen molar-refractivity contribution in [3.63, 3.8) is 0 Å². The van der Waals surface area contributed by atoms with Gasteiger partial charge >= 0.3 is 0 Å². The fourth-order valence-electron chi connectivity index (χ4n) is 2.82. The van der Waals surface area contributed by atoms with Crippen LogP contribution in [0.3, 0.4) is 0 Å². The zero-order chi connectivity index (χ0) is 14.4. The summed E-state index contributed by atoms with van der Waals surface area (Å²) in [6, 6.07) is 10.5. The Kier molecular flexibility index (Phi) is 5.56. The second-order valence-corrected chi connectivity index (χ2v) is 5.50. The third kappa shape index (κ3) is 4.05. The lowest BCUT2D eigenvalue weighted by molar-refractivity contribution is -0.128. The summed E-state index contributed by atoms with van der Waals surface area (Å²) in [5.41, 5.74) is 7.25. The van der Waals surface area contributed by atoms with Crippen LogP contribution in [0.2, 0.25) is 0 Å². The van der Waals surface area contributed by atoms with Crippen molar-refractivity contribution in [2.24, 2.45) is 5.73 Å². The average molecular weight is 275 g/mol. The van der Waals surface area contributed by atoms with Gasteiger partial charge in [0.1, 0.15) is 0 Å².